The van der Waals surface area contributed by atoms with E-state index in [4.69, 9.17) is 11.6 Å². The van der Waals surface area contributed by atoms with Crippen molar-refractivity contribution in [3.8, 4) is 0 Å². The Morgan fingerprint density at radius 3 is 2.92 bits per heavy atom. The second kappa shape index (κ2) is 4.48. The maximum Gasteiger partial charge on any atom is 0.280 e. The fourth-order valence-corrected chi connectivity index (χ4v) is 1.31. The minimum absolute atomic E-state index is 0.215. The van der Waals surface area contributed by atoms with Gasteiger partial charge in [0.15, 0.2) is 0 Å². The average Bonchev–Trinajstić information content (AvgIpc) is 2.09. The number of nitrogens with one attached hydrogen (secondary N) is 1. The van der Waals surface area contributed by atoms with E-state index >= 15 is 0 Å². The molecule has 0 aliphatic heterocycles. The molecule has 1 aromatic heterocycles. The summed E-state index contributed by atoms with van der Waals surface area (Å²) in [5.74, 6) is -0.215. The summed E-state index contributed by atoms with van der Waals surface area (Å²) < 4.78 is 2.59. The number of hydrogen-bond acceptors (Lipinski definition) is 3. The summed E-state index contributed by atoms with van der Waals surface area (Å²) in [6.45, 7) is 1.82. The van der Waals surface area contributed by atoms with Gasteiger partial charge in [-0.2, -0.15) is 0 Å². The monoisotopic (exact) mass is 216 g/mol. The zero-order valence-corrected chi connectivity index (χ0v) is 8.87. The highest BCUT2D eigenvalue weighted by Crippen LogP contribution is 2.10. The molecule has 0 fully saturated rings. The molecular weight excluding hydrogens is 208 g/mol. The SMILES string of the molecule is CSNC(=O)c1nc(Cl)ccc1C. The zero-order chi connectivity index (χ0) is 9.84. The first-order valence-corrected chi connectivity index (χ1v) is 5.22. The maximum absolute atomic E-state index is 11.4. The minimum Gasteiger partial charge on any atom is -0.295 e. The number of amides is 1. The van der Waals surface area contributed by atoms with Gasteiger partial charge in [-0.25, -0.2) is 4.98 Å². The van der Waals surface area contributed by atoms with Gasteiger partial charge < -0.3 is 0 Å². The Morgan fingerprint density at radius 2 is 2.31 bits per heavy atom. The fourth-order valence-electron chi connectivity index (χ4n) is 0.876. The van der Waals surface area contributed by atoms with E-state index in [1.807, 2.05) is 6.92 Å². The van der Waals surface area contributed by atoms with Gasteiger partial charge in [-0.05, 0) is 18.6 Å². The van der Waals surface area contributed by atoms with Crippen LogP contribution in [0.15, 0.2) is 12.1 Å². The Kier molecular flexibility index (Phi) is 3.57. The van der Waals surface area contributed by atoms with Gasteiger partial charge in [-0.15, -0.1) is 0 Å². The summed E-state index contributed by atoms with van der Waals surface area (Å²) in [6.07, 6.45) is 1.78. The lowest BCUT2D eigenvalue weighted by molar-refractivity contribution is 0.0979. The van der Waals surface area contributed by atoms with Gasteiger partial charge in [0.25, 0.3) is 5.91 Å². The Bertz CT molecular complexity index is 330. The van der Waals surface area contributed by atoms with Crippen molar-refractivity contribution in [1.82, 2.24) is 9.71 Å². The molecule has 0 aliphatic rings. The van der Waals surface area contributed by atoms with Crippen molar-refractivity contribution in [1.29, 1.82) is 0 Å². The number of hydrogen-bond donors (Lipinski definition) is 1. The highest BCUT2D eigenvalue weighted by Gasteiger charge is 2.09. The first-order chi connectivity index (χ1) is 6.15. The van der Waals surface area contributed by atoms with Gasteiger partial charge in [0.1, 0.15) is 10.8 Å². The number of aryl methyl sites for hydroxylation is 1. The first kappa shape index (κ1) is 10.3. The maximum atomic E-state index is 11.4. The minimum atomic E-state index is -0.215. The van der Waals surface area contributed by atoms with E-state index in [0.29, 0.717) is 10.8 Å². The van der Waals surface area contributed by atoms with Crippen LogP contribution < -0.4 is 4.72 Å². The summed E-state index contributed by atoms with van der Waals surface area (Å²) in [5, 5.41) is 0.330. The topological polar surface area (TPSA) is 42.0 Å². The molecule has 1 amide bonds. The highest BCUT2D eigenvalue weighted by atomic mass is 35.5. The van der Waals surface area contributed by atoms with Crippen LogP contribution in [-0.4, -0.2) is 17.1 Å². The molecule has 0 bridgehead atoms. The number of rotatable bonds is 2. The Labute approximate surface area is 86.0 Å². The van der Waals surface area contributed by atoms with Gasteiger partial charge >= 0.3 is 0 Å². The van der Waals surface area contributed by atoms with Crippen molar-refractivity contribution in [2.75, 3.05) is 6.26 Å². The molecule has 70 valence electrons. The molecule has 13 heavy (non-hydrogen) atoms. The van der Waals surface area contributed by atoms with Crippen LogP contribution in [0, 0.1) is 6.92 Å². The molecule has 1 N–H and O–H groups in total. The van der Waals surface area contributed by atoms with Crippen LogP contribution in [0.5, 0.6) is 0 Å². The van der Waals surface area contributed by atoms with E-state index in [-0.39, 0.29) is 5.91 Å². The van der Waals surface area contributed by atoms with Gasteiger partial charge in [0.2, 0.25) is 0 Å². The average molecular weight is 217 g/mol. The normalized spacial score (nSPS) is 9.77. The molecule has 1 aromatic rings. The molecular formula is C8H9ClN2OS. The molecule has 5 heteroatoms. The second-order valence-corrected chi connectivity index (χ2v) is 3.43. The van der Waals surface area contributed by atoms with Crippen molar-refractivity contribution >= 4 is 29.5 Å². The lowest BCUT2D eigenvalue weighted by Gasteiger charge is -2.03. The molecule has 3 nitrogen and oxygen atoms in total. The molecule has 1 heterocycles. The van der Waals surface area contributed by atoms with E-state index in [1.165, 1.54) is 11.9 Å². The van der Waals surface area contributed by atoms with E-state index in [0.717, 1.165) is 5.56 Å². The van der Waals surface area contributed by atoms with E-state index < -0.39 is 0 Å². The third-order valence-corrected chi connectivity index (χ3v) is 2.07. The van der Waals surface area contributed by atoms with Crippen molar-refractivity contribution in [3.63, 3.8) is 0 Å². The molecule has 0 unspecified atom stereocenters. The molecule has 0 atom stereocenters. The summed E-state index contributed by atoms with van der Waals surface area (Å²) in [4.78, 5) is 15.3. The summed E-state index contributed by atoms with van der Waals surface area (Å²) in [6, 6.07) is 3.43. The van der Waals surface area contributed by atoms with E-state index in [1.54, 1.807) is 18.4 Å². The number of pyridine rings is 1. The molecule has 0 aliphatic carbocycles. The first-order valence-electron chi connectivity index (χ1n) is 3.61. The standard InChI is InChI=1S/C8H9ClN2OS/c1-5-3-4-6(9)10-7(5)8(12)11-13-2/h3-4H,1-2H3,(H,11,12). The quantitative estimate of drug-likeness (QED) is 0.608. The van der Waals surface area contributed by atoms with Crippen LogP contribution in [0.3, 0.4) is 0 Å². The molecule has 1 rings (SSSR count). The zero-order valence-electron chi connectivity index (χ0n) is 7.30. The van der Waals surface area contributed by atoms with Crippen LogP contribution >= 0.6 is 23.5 Å². The molecule has 0 spiro atoms. The predicted octanol–water partition coefficient (Wildman–Crippen LogP) is 2.05. The highest BCUT2D eigenvalue weighted by molar-refractivity contribution is 7.97. The lowest BCUT2D eigenvalue weighted by atomic mass is 10.2. The van der Waals surface area contributed by atoms with Crippen LogP contribution in [-0.2, 0) is 0 Å². The molecule has 0 saturated heterocycles. The predicted molar refractivity (Wildman–Crippen MR) is 55.0 cm³/mol. The van der Waals surface area contributed by atoms with Crippen LogP contribution in [0.1, 0.15) is 16.1 Å². The Morgan fingerprint density at radius 1 is 1.62 bits per heavy atom. The summed E-state index contributed by atoms with van der Waals surface area (Å²) in [7, 11) is 0. The van der Waals surface area contributed by atoms with Crippen molar-refractivity contribution in [2.45, 2.75) is 6.92 Å². The van der Waals surface area contributed by atoms with Crippen LogP contribution in [0.25, 0.3) is 0 Å². The number of halogens is 1. The molecule has 0 radical (unpaired) electrons. The summed E-state index contributed by atoms with van der Waals surface area (Å²) in [5.41, 5.74) is 1.19. The number of carbonyl (C=O) groups is 1. The van der Waals surface area contributed by atoms with Gasteiger partial charge in [-0.1, -0.05) is 29.6 Å². The van der Waals surface area contributed by atoms with E-state index in [2.05, 4.69) is 9.71 Å². The Balaban J connectivity index is 2.99. The van der Waals surface area contributed by atoms with Crippen molar-refractivity contribution in [3.05, 3.63) is 28.5 Å². The molecule has 0 aromatic carbocycles. The lowest BCUT2D eigenvalue weighted by Crippen LogP contribution is -2.18. The smallest absolute Gasteiger partial charge is 0.280 e. The third kappa shape index (κ3) is 2.60. The van der Waals surface area contributed by atoms with Gasteiger partial charge in [-0.3, -0.25) is 9.52 Å². The van der Waals surface area contributed by atoms with Crippen molar-refractivity contribution in [2.24, 2.45) is 0 Å². The fraction of sp³-hybridized carbons (Fsp3) is 0.250. The van der Waals surface area contributed by atoms with Crippen LogP contribution in [0.4, 0.5) is 0 Å². The Hall–Kier alpha value is -0.740. The van der Waals surface area contributed by atoms with Crippen molar-refractivity contribution < 1.29 is 4.79 Å². The van der Waals surface area contributed by atoms with Crippen LogP contribution in [0.2, 0.25) is 5.15 Å². The number of carbonyl (C=O) groups excluding carboxylic acids is 1. The number of aromatic nitrogens is 1. The third-order valence-electron chi connectivity index (χ3n) is 1.47. The van der Waals surface area contributed by atoms with E-state index in [9.17, 15) is 4.79 Å². The van der Waals surface area contributed by atoms with Gasteiger partial charge in [0.05, 0.1) is 0 Å². The summed E-state index contributed by atoms with van der Waals surface area (Å²) >= 11 is 6.90. The van der Waals surface area contributed by atoms with Gasteiger partial charge in [0, 0.05) is 6.26 Å². The number of nitrogens with zero attached hydrogens (tertiary/aromatic N) is 1. The second-order valence-electron chi connectivity index (χ2n) is 2.43. The molecule has 0 saturated carbocycles. The largest absolute Gasteiger partial charge is 0.295 e.